The molecule has 7 nitrogen and oxygen atoms in total. The molecule has 0 fully saturated rings. The Labute approximate surface area is 110 Å². The Morgan fingerprint density at radius 3 is 2.74 bits per heavy atom. The first-order valence-electron chi connectivity index (χ1n) is 5.95. The van der Waals surface area contributed by atoms with Crippen LogP contribution in [0, 0.1) is 0 Å². The Morgan fingerprint density at radius 1 is 1.53 bits per heavy atom. The van der Waals surface area contributed by atoms with Crippen LogP contribution >= 0.6 is 0 Å². The lowest BCUT2D eigenvalue weighted by atomic mass is 9.96. The molecule has 1 amide bonds. The summed E-state index contributed by atoms with van der Waals surface area (Å²) in [7, 11) is 0. The van der Waals surface area contributed by atoms with E-state index in [1.807, 2.05) is 6.92 Å². The highest BCUT2D eigenvalue weighted by Crippen LogP contribution is 2.12. The zero-order chi connectivity index (χ0) is 14.5. The van der Waals surface area contributed by atoms with Gasteiger partial charge in [-0.05, 0) is 19.4 Å². The number of carboxylic acids is 1. The standard InChI is InChI=1S/C12H17N3O4/c1-3-5-12(2,10(17)18)14-9(16)8-15-7-4-6-13-11(15)19/h4,6-7H,3,5,8H2,1-2H3,(H,14,16)(H,17,18). The molecule has 1 aromatic heterocycles. The van der Waals surface area contributed by atoms with Gasteiger partial charge in [0, 0.05) is 12.4 Å². The van der Waals surface area contributed by atoms with Gasteiger partial charge in [0.15, 0.2) is 0 Å². The molecule has 7 heteroatoms. The van der Waals surface area contributed by atoms with E-state index >= 15 is 0 Å². The van der Waals surface area contributed by atoms with Gasteiger partial charge in [0.2, 0.25) is 5.91 Å². The Morgan fingerprint density at radius 2 is 2.21 bits per heavy atom. The van der Waals surface area contributed by atoms with Crippen molar-refractivity contribution in [1.82, 2.24) is 14.9 Å². The number of nitrogens with zero attached hydrogens (tertiary/aromatic N) is 2. The van der Waals surface area contributed by atoms with Gasteiger partial charge in [-0.15, -0.1) is 0 Å². The number of carboxylic acid groups (broad SMARTS) is 1. The lowest BCUT2D eigenvalue weighted by molar-refractivity contribution is -0.147. The minimum absolute atomic E-state index is 0.251. The van der Waals surface area contributed by atoms with Crippen molar-refractivity contribution in [3.8, 4) is 0 Å². The van der Waals surface area contributed by atoms with Gasteiger partial charge in [0.25, 0.3) is 0 Å². The third-order valence-corrected chi connectivity index (χ3v) is 2.73. The summed E-state index contributed by atoms with van der Waals surface area (Å²) in [4.78, 5) is 37.8. The Bertz CT molecular complexity index is 526. The van der Waals surface area contributed by atoms with Crippen molar-refractivity contribution >= 4 is 11.9 Å². The van der Waals surface area contributed by atoms with Gasteiger partial charge >= 0.3 is 11.7 Å². The highest BCUT2D eigenvalue weighted by Gasteiger charge is 2.33. The van der Waals surface area contributed by atoms with Crippen molar-refractivity contribution in [3.05, 3.63) is 28.9 Å². The maximum Gasteiger partial charge on any atom is 0.347 e. The maximum atomic E-state index is 11.8. The first-order chi connectivity index (χ1) is 8.89. The molecule has 0 saturated heterocycles. The number of hydrogen-bond donors (Lipinski definition) is 2. The maximum absolute atomic E-state index is 11.8. The summed E-state index contributed by atoms with van der Waals surface area (Å²) in [6, 6.07) is 1.52. The summed E-state index contributed by atoms with van der Waals surface area (Å²) >= 11 is 0. The third kappa shape index (κ3) is 3.90. The molecular weight excluding hydrogens is 250 g/mol. The topological polar surface area (TPSA) is 101 Å². The van der Waals surface area contributed by atoms with Crippen LogP contribution in [0.4, 0.5) is 0 Å². The first-order valence-corrected chi connectivity index (χ1v) is 5.95. The van der Waals surface area contributed by atoms with Crippen molar-refractivity contribution < 1.29 is 14.7 Å². The van der Waals surface area contributed by atoms with Gasteiger partial charge in [-0.3, -0.25) is 9.36 Å². The average Bonchev–Trinajstić information content (AvgIpc) is 2.32. The Kier molecular flexibility index (Phi) is 4.80. The normalized spacial score (nSPS) is 13.6. The van der Waals surface area contributed by atoms with Crippen LogP contribution < -0.4 is 11.0 Å². The molecule has 1 rings (SSSR count). The first kappa shape index (κ1) is 14.9. The zero-order valence-electron chi connectivity index (χ0n) is 10.9. The molecule has 104 valence electrons. The number of amides is 1. The van der Waals surface area contributed by atoms with E-state index in [1.54, 1.807) is 0 Å². The smallest absolute Gasteiger partial charge is 0.347 e. The Hall–Kier alpha value is -2.18. The minimum atomic E-state index is -1.32. The fourth-order valence-electron chi connectivity index (χ4n) is 1.73. The second-order valence-electron chi connectivity index (χ2n) is 4.47. The molecule has 0 spiro atoms. The van der Waals surface area contributed by atoms with Gasteiger partial charge < -0.3 is 10.4 Å². The number of carbonyl (C=O) groups excluding carboxylic acids is 1. The van der Waals surface area contributed by atoms with Gasteiger partial charge in [0.05, 0.1) is 0 Å². The molecule has 0 aromatic carbocycles. The summed E-state index contributed by atoms with van der Waals surface area (Å²) in [6.45, 7) is 3.03. The largest absolute Gasteiger partial charge is 0.480 e. The summed E-state index contributed by atoms with van der Waals surface area (Å²) in [5.74, 6) is -1.63. The van der Waals surface area contributed by atoms with E-state index in [-0.39, 0.29) is 6.54 Å². The summed E-state index contributed by atoms with van der Waals surface area (Å²) in [5, 5.41) is 11.6. The summed E-state index contributed by atoms with van der Waals surface area (Å²) in [6.07, 6.45) is 3.69. The predicted molar refractivity (Wildman–Crippen MR) is 67.6 cm³/mol. The van der Waals surface area contributed by atoms with Crippen LogP contribution in [0.5, 0.6) is 0 Å². The molecule has 0 bridgehead atoms. The van der Waals surface area contributed by atoms with Crippen LogP contribution in [-0.2, 0) is 16.1 Å². The molecule has 0 aliphatic rings. The summed E-state index contributed by atoms with van der Waals surface area (Å²) in [5.41, 5.74) is -1.87. The number of carbonyl (C=O) groups is 2. The second kappa shape index (κ2) is 6.12. The van der Waals surface area contributed by atoms with Crippen molar-refractivity contribution in [2.24, 2.45) is 0 Å². The molecule has 19 heavy (non-hydrogen) atoms. The highest BCUT2D eigenvalue weighted by molar-refractivity contribution is 5.86. The average molecular weight is 267 g/mol. The van der Waals surface area contributed by atoms with Gasteiger partial charge in [-0.25, -0.2) is 14.6 Å². The number of rotatable bonds is 6. The van der Waals surface area contributed by atoms with E-state index in [9.17, 15) is 14.4 Å². The number of aliphatic carboxylic acids is 1. The molecule has 0 saturated carbocycles. The van der Waals surface area contributed by atoms with Crippen LogP contribution in [0.25, 0.3) is 0 Å². The van der Waals surface area contributed by atoms with Crippen molar-refractivity contribution in [1.29, 1.82) is 0 Å². The van der Waals surface area contributed by atoms with Crippen LogP contribution in [-0.4, -0.2) is 32.1 Å². The lowest BCUT2D eigenvalue weighted by Crippen LogP contribution is -2.53. The zero-order valence-corrected chi connectivity index (χ0v) is 10.9. The molecule has 0 aliphatic heterocycles. The number of nitrogens with one attached hydrogen (secondary N) is 1. The second-order valence-corrected chi connectivity index (χ2v) is 4.47. The van der Waals surface area contributed by atoms with Crippen LogP contribution in [0.2, 0.25) is 0 Å². The quantitative estimate of drug-likeness (QED) is 0.755. The highest BCUT2D eigenvalue weighted by atomic mass is 16.4. The third-order valence-electron chi connectivity index (χ3n) is 2.73. The molecule has 0 radical (unpaired) electrons. The predicted octanol–water partition coefficient (Wildman–Crippen LogP) is 0.00290. The van der Waals surface area contributed by atoms with E-state index in [1.165, 1.54) is 25.4 Å². The molecule has 1 aromatic rings. The SMILES string of the molecule is CCCC(C)(NC(=O)Cn1cccnc1=O)C(=O)O. The summed E-state index contributed by atoms with van der Waals surface area (Å²) < 4.78 is 1.11. The van der Waals surface area contributed by atoms with Gasteiger partial charge in [-0.2, -0.15) is 0 Å². The number of hydrogen-bond acceptors (Lipinski definition) is 4. The fraction of sp³-hybridized carbons (Fsp3) is 0.500. The van der Waals surface area contributed by atoms with Crippen LogP contribution in [0.3, 0.4) is 0 Å². The molecule has 2 N–H and O–H groups in total. The van der Waals surface area contributed by atoms with Crippen LogP contribution in [0.15, 0.2) is 23.3 Å². The Balaban J connectivity index is 2.77. The fourth-order valence-corrected chi connectivity index (χ4v) is 1.73. The van der Waals surface area contributed by atoms with Crippen molar-refractivity contribution in [2.75, 3.05) is 0 Å². The lowest BCUT2D eigenvalue weighted by Gasteiger charge is -2.25. The molecule has 0 aliphatic carbocycles. The van der Waals surface area contributed by atoms with E-state index < -0.39 is 23.1 Å². The molecule has 1 atom stereocenters. The van der Waals surface area contributed by atoms with E-state index in [0.29, 0.717) is 12.8 Å². The van der Waals surface area contributed by atoms with Gasteiger partial charge in [0.1, 0.15) is 12.1 Å². The monoisotopic (exact) mass is 267 g/mol. The van der Waals surface area contributed by atoms with Crippen LogP contribution in [0.1, 0.15) is 26.7 Å². The van der Waals surface area contributed by atoms with E-state index in [0.717, 1.165) is 4.57 Å². The van der Waals surface area contributed by atoms with Crippen molar-refractivity contribution in [2.45, 2.75) is 38.8 Å². The van der Waals surface area contributed by atoms with Crippen molar-refractivity contribution in [3.63, 3.8) is 0 Å². The molecule has 1 unspecified atom stereocenters. The van der Waals surface area contributed by atoms with E-state index in [2.05, 4.69) is 10.3 Å². The molecular formula is C12H17N3O4. The van der Waals surface area contributed by atoms with E-state index in [4.69, 9.17) is 5.11 Å². The molecule has 1 heterocycles. The number of aromatic nitrogens is 2. The minimum Gasteiger partial charge on any atom is -0.480 e. The van der Waals surface area contributed by atoms with Gasteiger partial charge in [-0.1, -0.05) is 13.3 Å².